The molecule has 0 bridgehead atoms. The van der Waals surface area contributed by atoms with Gasteiger partial charge in [-0.15, -0.1) is 0 Å². The average Bonchev–Trinajstić information content (AvgIpc) is 2.60. The molecule has 0 aromatic carbocycles. The zero-order chi connectivity index (χ0) is 14.5. The SMILES string of the molecule is CC1CN(C)CCCN1C(=O)CC1CCC(CN)CC1. The third-order valence-electron chi connectivity index (χ3n) is 5.13. The van der Waals surface area contributed by atoms with Crippen molar-refractivity contribution < 1.29 is 4.79 Å². The second kappa shape index (κ2) is 7.41. The van der Waals surface area contributed by atoms with Gasteiger partial charge in [-0.25, -0.2) is 0 Å². The molecule has 2 fully saturated rings. The third kappa shape index (κ3) is 4.19. The average molecular weight is 281 g/mol. The minimum atomic E-state index is 0.357. The summed E-state index contributed by atoms with van der Waals surface area (Å²) in [7, 11) is 2.15. The molecule has 4 nitrogen and oxygen atoms in total. The maximum absolute atomic E-state index is 12.6. The summed E-state index contributed by atoms with van der Waals surface area (Å²) >= 11 is 0. The van der Waals surface area contributed by atoms with Crippen LogP contribution >= 0.6 is 0 Å². The molecule has 0 radical (unpaired) electrons. The van der Waals surface area contributed by atoms with Gasteiger partial charge < -0.3 is 15.5 Å². The molecule has 1 saturated heterocycles. The van der Waals surface area contributed by atoms with E-state index in [0.717, 1.165) is 39.0 Å². The molecule has 1 heterocycles. The summed E-state index contributed by atoms with van der Waals surface area (Å²) in [5, 5.41) is 0. The minimum Gasteiger partial charge on any atom is -0.339 e. The van der Waals surface area contributed by atoms with Crippen molar-refractivity contribution in [3.05, 3.63) is 0 Å². The smallest absolute Gasteiger partial charge is 0.223 e. The summed E-state index contributed by atoms with van der Waals surface area (Å²) in [5.74, 6) is 1.68. The molecule has 116 valence electrons. The number of rotatable bonds is 3. The van der Waals surface area contributed by atoms with Crippen molar-refractivity contribution in [3.8, 4) is 0 Å². The largest absolute Gasteiger partial charge is 0.339 e. The van der Waals surface area contributed by atoms with Gasteiger partial charge >= 0.3 is 0 Å². The number of nitrogens with zero attached hydrogens (tertiary/aromatic N) is 2. The van der Waals surface area contributed by atoms with Crippen molar-refractivity contribution in [1.29, 1.82) is 0 Å². The standard InChI is InChI=1S/C16H31N3O/c1-13-12-18(2)8-3-9-19(13)16(20)10-14-4-6-15(11-17)7-5-14/h13-15H,3-12,17H2,1-2H3. The molecule has 1 atom stereocenters. The van der Waals surface area contributed by atoms with Gasteiger partial charge in [0.25, 0.3) is 0 Å². The van der Waals surface area contributed by atoms with E-state index < -0.39 is 0 Å². The summed E-state index contributed by atoms with van der Waals surface area (Å²) in [5.41, 5.74) is 5.74. The monoisotopic (exact) mass is 281 g/mol. The Hall–Kier alpha value is -0.610. The van der Waals surface area contributed by atoms with Crippen LogP contribution in [0.4, 0.5) is 0 Å². The first-order valence-corrected chi connectivity index (χ1v) is 8.28. The summed E-state index contributed by atoms with van der Waals surface area (Å²) in [6, 6.07) is 0.357. The normalized spacial score (nSPS) is 33.0. The molecule has 0 aromatic heterocycles. The molecular weight excluding hydrogens is 250 g/mol. The predicted octanol–water partition coefficient (Wildman–Crippen LogP) is 1.69. The maximum atomic E-state index is 12.6. The van der Waals surface area contributed by atoms with Gasteiger partial charge in [0.2, 0.25) is 5.91 Å². The molecule has 1 amide bonds. The molecule has 4 heteroatoms. The van der Waals surface area contributed by atoms with Crippen molar-refractivity contribution in [2.75, 3.05) is 33.2 Å². The fourth-order valence-electron chi connectivity index (χ4n) is 3.78. The summed E-state index contributed by atoms with van der Waals surface area (Å²) in [4.78, 5) is 17.0. The molecule has 2 aliphatic rings. The number of likely N-dealkylation sites (N-methyl/N-ethyl adjacent to an activating group) is 1. The van der Waals surface area contributed by atoms with Crippen molar-refractivity contribution >= 4 is 5.91 Å². The number of amides is 1. The fourth-order valence-corrected chi connectivity index (χ4v) is 3.78. The topological polar surface area (TPSA) is 49.6 Å². The van der Waals surface area contributed by atoms with E-state index in [1.54, 1.807) is 0 Å². The molecule has 1 saturated carbocycles. The molecule has 1 unspecified atom stereocenters. The van der Waals surface area contributed by atoms with Gasteiger partial charge in [-0.3, -0.25) is 4.79 Å². The molecule has 1 aliphatic heterocycles. The van der Waals surface area contributed by atoms with Gasteiger partial charge in [0.05, 0.1) is 0 Å². The molecule has 0 spiro atoms. The Morgan fingerprint density at radius 2 is 1.80 bits per heavy atom. The van der Waals surface area contributed by atoms with Gasteiger partial charge in [0, 0.05) is 25.6 Å². The van der Waals surface area contributed by atoms with Crippen LogP contribution in [0, 0.1) is 11.8 Å². The predicted molar refractivity (Wildman–Crippen MR) is 82.4 cm³/mol. The van der Waals surface area contributed by atoms with Crippen molar-refractivity contribution in [1.82, 2.24) is 9.80 Å². The van der Waals surface area contributed by atoms with Crippen LogP contribution in [0.15, 0.2) is 0 Å². The van der Waals surface area contributed by atoms with Crippen LogP contribution in [-0.2, 0) is 4.79 Å². The first-order chi connectivity index (χ1) is 9.60. The Kier molecular flexibility index (Phi) is 5.85. The number of nitrogens with two attached hydrogens (primary N) is 1. The van der Waals surface area contributed by atoms with Crippen molar-refractivity contribution in [2.45, 2.75) is 51.5 Å². The van der Waals surface area contributed by atoms with E-state index in [9.17, 15) is 4.79 Å². The summed E-state index contributed by atoms with van der Waals surface area (Å²) in [6.07, 6.45) is 6.67. The van der Waals surface area contributed by atoms with Gasteiger partial charge in [0.1, 0.15) is 0 Å². The highest BCUT2D eigenvalue weighted by Gasteiger charge is 2.28. The van der Waals surface area contributed by atoms with Crippen LogP contribution in [0.5, 0.6) is 0 Å². The summed E-state index contributed by atoms with van der Waals surface area (Å²) in [6.45, 7) is 6.05. The van der Waals surface area contributed by atoms with E-state index in [2.05, 4.69) is 23.8 Å². The Morgan fingerprint density at radius 1 is 1.15 bits per heavy atom. The third-order valence-corrected chi connectivity index (χ3v) is 5.13. The van der Waals surface area contributed by atoms with E-state index >= 15 is 0 Å². The second-order valence-electron chi connectivity index (χ2n) is 6.88. The lowest BCUT2D eigenvalue weighted by atomic mass is 9.80. The summed E-state index contributed by atoms with van der Waals surface area (Å²) < 4.78 is 0. The zero-order valence-electron chi connectivity index (χ0n) is 13.2. The lowest BCUT2D eigenvalue weighted by molar-refractivity contribution is -0.134. The van der Waals surface area contributed by atoms with Crippen LogP contribution in [0.2, 0.25) is 0 Å². The zero-order valence-corrected chi connectivity index (χ0v) is 13.2. The van der Waals surface area contributed by atoms with E-state index in [1.807, 2.05) is 0 Å². The fraction of sp³-hybridized carbons (Fsp3) is 0.938. The van der Waals surface area contributed by atoms with Gasteiger partial charge in [-0.2, -0.15) is 0 Å². The van der Waals surface area contributed by atoms with E-state index in [0.29, 0.717) is 23.8 Å². The molecule has 0 aromatic rings. The lowest BCUT2D eigenvalue weighted by Crippen LogP contribution is -2.42. The van der Waals surface area contributed by atoms with E-state index in [1.165, 1.54) is 25.7 Å². The highest BCUT2D eigenvalue weighted by atomic mass is 16.2. The molecular formula is C16H31N3O. The van der Waals surface area contributed by atoms with Crippen molar-refractivity contribution in [2.24, 2.45) is 17.6 Å². The lowest BCUT2D eigenvalue weighted by Gasteiger charge is -2.32. The Bertz CT molecular complexity index is 313. The Labute approximate surface area is 123 Å². The van der Waals surface area contributed by atoms with Gasteiger partial charge in [0.15, 0.2) is 0 Å². The number of hydrogen-bond acceptors (Lipinski definition) is 3. The second-order valence-corrected chi connectivity index (χ2v) is 6.88. The quantitative estimate of drug-likeness (QED) is 0.856. The highest BCUT2D eigenvalue weighted by Crippen LogP contribution is 2.30. The van der Waals surface area contributed by atoms with Gasteiger partial charge in [-0.05, 0) is 71.0 Å². The maximum Gasteiger partial charge on any atom is 0.223 e. The van der Waals surface area contributed by atoms with Crippen LogP contribution in [0.3, 0.4) is 0 Å². The first kappa shape index (κ1) is 15.8. The number of carbonyl (C=O) groups is 1. The molecule has 1 aliphatic carbocycles. The van der Waals surface area contributed by atoms with Crippen LogP contribution in [-0.4, -0.2) is 55.0 Å². The first-order valence-electron chi connectivity index (χ1n) is 8.28. The number of carbonyl (C=O) groups excluding carboxylic acids is 1. The minimum absolute atomic E-state index is 0.357. The molecule has 20 heavy (non-hydrogen) atoms. The molecule has 2 rings (SSSR count). The van der Waals surface area contributed by atoms with Crippen LogP contribution in [0.1, 0.15) is 45.4 Å². The van der Waals surface area contributed by atoms with E-state index in [4.69, 9.17) is 5.73 Å². The number of hydrogen-bond donors (Lipinski definition) is 1. The van der Waals surface area contributed by atoms with Crippen LogP contribution < -0.4 is 5.73 Å². The van der Waals surface area contributed by atoms with Crippen LogP contribution in [0.25, 0.3) is 0 Å². The molecule has 2 N–H and O–H groups in total. The Balaban J connectivity index is 1.82. The Morgan fingerprint density at radius 3 is 2.45 bits per heavy atom. The van der Waals surface area contributed by atoms with Crippen molar-refractivity contribution in [3.63, 3.8) is 0 Å². The highest BCUT2D eigenvalue weighted by molar-refractivity contribution is 5.76. The van der Waals surface area contributed by atoms with E-state index in [-0.39, 0.29) is 0 Å². The van der Waals surface area contributed by atoms with Gasteiger partial charge in [-0.1, -0.05) is 0 Å².